The molecule has 5 nitrogen and oxygen atoms in total. The molecule has 0 radical (unpaired) electrons. The number of hydrogen-bond acceptors (Lipinski definition) is 3. The Labute approximate surface area is 160 Å². The molecule has 0 aliphatic rings. The van der Waals surface area contributed by atoms with E-state index in [1.54, 1.807) is 36.5 Å². The van der Waals surface area contributed by atoms with Crippen molar-refractivity contribution in [1.29, 1.82) is 0 Å². The van der Waals surface area contributed by atoms with Gasteiger partial charge in [-0.2, -0.15) is 0 Å². The van der Waals surface area contributed by atoms with Crippen molar-refractivity contribution in [2.45, 2.75) is 13.3 Å². The maximum absolute atomic E-state index is 12.6. The second kappa shape index (κ2) is 7.32. The molecule has 1 heterocycles. The number of benzene rings is 2. The predicted molar refractivity (Wildman–Crippen MR) is 104 cm³/mol. The lowest BCUT2D eigenvalue weighted by atomic mass is 10.0. The molecule has 0 aliphatic heterocycles. The molecule has 2 aromatic carbocycles. The number of primary amides is 1. The Morgan fingerprint density at radius 1 is 1.12 bits per heavy atom. The van der Waals surface area contributed by atoms with Crippen LogP contribution in [0.4, 0.5) is 5.69 Å². The van der Waals surface area contributed by atoms with Crippen LogP contribution in [0, 0.1) is 6.92 Å². The second-order valence-corrected chi connectivity index (χ2v) is 6.63. The SMILES string of the molecule is Cc1cnc2c(NC(=O)c3c(Cl)cccc3Cl)cccc2c1CC(N)=O. The zero-order valence-corrected chi connectivity index (χ0v) is 15.4. The van der Waals surface area contributed by atoms with Gasteiger partial charge in [-0.15, -0.1) is 0 Å². The van der Waals surface area contributed by atoms with Gasteiger partial charge in [-0.1, -0.05) is 41.4 Å². The third-order valence-corrected chi connectivity index (χ3v) is 4.64. The Balaban J connectivity index is 2.06. The van der Waals surface area contributed by atoms with Crippen LogP contribution in [-0.2, 0) is 11.2 Å². The highest BCUT2D eigenvalue weighted by Gasteiger charge is 2.17. The normalized spacial score (nSPS) is 10.7. The molecular weight excluding hydrogens is 373 g/mol. The summed E-state index contributed by atoms with van der Waals surface area (Å²) in [5, 5.41) is 4.07. The molecule has 132 valence electrons. The number of rotatable bonds is 4. The molecule has 0 atom stereocenters. The smallest absolute Gasteiger partial charge is 0.258 e. The Bertz CT molecular complexity index is 1010. The van der Waals surface area contributed by atoms with Crippen LogP contribution >= 0.6 is 23.2 Å². The molecule has 3 N–H and O–H groups in total. The number of nitrogens with two attached hydrogens (primary N) is 1. The number of para-hydroxylation sites is 1. The minimum Gasteiger partial charge on any atom is -0.369 e. The van der Waals surface area contributed by atoms with Crippen molar-refractivity contribution in [3.05, 3.63) is 69.3 Å². The van der Waals surface area contributed by atoms with Crippen LogP contribution in [0.1, 0.15) is 21.5 Å². The number of nitrogens with zero attached hydrogens (tertiary/aromatic N) is 1. The van der Waals surface area contributed by atoms with Gasteiger partial charge in [0, 0.05) is 11.6 Å². The third kappa shape index (κ3) is 3.49. The number of aryl methyl sites for hydroxylation is 1. The van der Waals surface area contributed by atoms with Crippen molar-refractivity contribution >= 4 is 51.6 Å². The molecule has 26 heavy (non-hydrogen) atoms. The number of aromatic nitrogens is 1. The number of carbonyl (C=O) groups is 2. The van der Waals surface area contributed by atoms with Gasteiger partial charge in [0.2, 0.25) is 5.91 Å². The summed E-state index contributed by atoms with van der Waals surface area (Å²) in [7, 11) is 0. The van der Waals surface area contributed by atoms with Crippen molar-refractivity contribution in [2.75, 3.05) is 5.32 Å². The summed E-state index contributed by atoms with van der Waals surface area (Å²) < 4.78 is 0. The fourth-order valence-corrected chi connectivity index (χ4v) is 3.36. The quantitative estimate of drug-likeness (QED) is 0.705. The van der Waals surface area contributed by atoms with E-state index >= 15 is 0 Å². The van der Waals surface area contributed by atoms with Gasteiger partial charge in [0.1, 0.15) is 0 Å². The Morgan fingerprint density at radius 2 is 1.77 bits per heavy atom. The summed E-state index contributed by atoms with van der Waals surface area (Å²) >= 11 is 12.2. The van der Waals surface area contributed by atoms with Crippen molar-refractivity contribution < 1.29 is 9.59 Å². The van der Waals surface area contributed by atoms with Gasteiger partial charge < -0.3 is 11.1 Å². The molecule has 0 fully saturated rings. The van der Waals surface area contributed by atoms with E-state index in [0.717, 1.165) is 16.5 Å². The van der Waals surface area contributed by atoms with E-state index in [1.807, 2.05) is 13.0 Å². The monoisotopic (exact) mass is 387 g/mol. The summed E-state index contributed by atoms with van der Waals surface area (Å²) in [5.74, 6) is -0.871. The summed E-state index contributed by atoms with van der Waals surface area (Å²) in [6.07, 6.45) is 1.75. The molecule has 0 saturated heterocycles. The number of carbonyl (C=O) groups excluding carboxylic acids is 2. The molecule has 0 saturated carbocycles. The van der Waals surface area contributed by atoms with Crippen LogP contribution in [-0.4, -0.2) is 16.8 Å². The van der Waals surface area contributed by atoms with Crippen LogP contribution in [0.5, 0.6) is 0 Å². The Hall–Kier alpha value is -2.63. The largest absolute Gasteiger partial charge is 0.369 e. The van der Waals surface area contributed by atoms with Gasteiger partial charge >= 0.3 is 0 Å². The fraction of sp³-hybridized carbons (Fsp3) is 0.105. The number of nitrogens with one attached hydrogen (secondary N) is 1. The second-order valence-electron chi connectivity index (χ2n) is 5.82. The topological polar surface area (TPSA) is 85.1 Å². The highest BCUT2D eigenvalue weighted by molar-refractivity contribution is 6.40. The zero-order chi connectivity index (χ0) is 18.8. The van der Waals surface area contributed by atoms with Gasteiger partial charge in [0.25, 0.3) is 5.91 Å². The maximum Gasteiger partial charge on any atom is 0.258 e. The van der Waals surface area contributed by atoms with Crippen molar-refractivity contribution in [3.8, 4) is 0 Å². The first-order valence-electron chi connectivity index (χ1n) is 7.79. The van der Waals surface area contributed by atoms with Gasteiger partial charge in [-0.3, -0.25) is 14.6 Å². The lowest BCUT2D eigenvalue weighted by Crippen LogP contribution is -2.16. The van der Waals surface area contributed by atoms with Crippen LogP contribution < -0.4 is 11.1 Å². The molecule has 1 aromatic heterocycles. The summed E-state index contributed by atoms with van der Waals surface area (Å²) in [6.45, 7) is 1.86. The van der Waals surface area contributed by atoms with E-state index in [2.05, 4.69) is 10.3 Å². The molecule has 0 spiro atoms. The molecule has 7 heteroatoms. The molecule has 0 aliphatic carbocycles. The number of hydrogen-bond donors (Lipinski definition) is 2. The standard InChI is InChI=1S/C19H15Cl2N3O2/c1-10-9-23-18-11(12(10)8-16(22)25)4-2-7-15(18)24-19(26)17-13(20)5-3-6-14(17)21/h2-7,9H,8H2,1H3,(H2,22,25)(H,24,26). The molecule has 2 amide bonds. The molecule has 3 rings (SSSR count). The molecular formula is C19H15Cl2N3O2. The highest BCUT2D eigenvalue weighted by atomic mass is 35.5. The lowest BCUT2D eigenvalue weighted by molar-refractivity contribution is -0.117. The summed E-state index contributed by atoms with van der Waals surface area (Å²) in [5.41, 5.74) is 8.24. The molecule has 0 bridgehead atoms. The Kier molecular flexibility index (Phi) is 5.11. The van der Waals surface area contributed by atoms with E-state index in [9.17, 15) is 9.59 Å². The van der Waals surface area contributed by atoms with E-state index in [1.165, 1.54) is 0 Å². The van der Waals surface area contributed by atoms with Gasteiger partial charge in [0.05, 0.1) is 33.2 Å². The maximum atomic E-state index is 12.6. The van der Waals surface area contributed by atoms with Crippen molar-refractivity contribution in [3.63, 3.8) is 0 Å². The highest BCUT2D eigenvalue weighted by Crippen LogP contribution is 2.29. The van der Waals surface area contributed by atoms with E-state index < -0.39 is 11.8 Å². The first-order chi connectivity index (χ1) is 12.4. The lowest BCUT2D eigenvalue weighted by Gasteiger charge is -2.13. The summed E-state index contributed by atoms with van der Waals surface area (Å²) in [6, 6.07) is 10.2. The predicted octanol–water partition coefficient (Wildman–Crippen LogP) is 4.13. The molecule has 3 aromatic rings. The molecule has 0 unspecified atom stereocenters. The summed E-state index contributed by atoms with van der Waals surface area (Å²) in [4.78, 5) is 28.4. The van der Waals surface area contributed by atoms with E-state index in [-0.39, 0.29) is 22.0 Å². The third-order valence-electron chi connectivity index (χ3n) is 4.01. The average Bonchev–Trinajstić information content (AvgIpc) is 2.57. The van der Waals surface area contributed by atoms with Crippen molar-refractivity contribution in [1.82, 2.24) is 4.98 Å². The first kappa shape index (κ1) is 18.2. The van der Waals surface area contributed by atoms with Crippen LogP contribution in [0.3, 0.4) is 0 Å². The van der Waals surface area contributed by atoms with Crippen LogP contribution in [0.15, 0.2) is 42.6 Å². The van der Waals surface area contributed by atoms with E-state index in [0.29, 0.717) is 11.2 Å². The average molecular weight is 388 g/mol. The zero-order valence-electron chi connectivity index (χ0n) is 13.8. The number of pyridine rings is 1. The first-order valence-corrected chi connectivity index (χ1v) is 8.55. The Morgan fingerprint density at radius 3 is 2.42 bits per heavy atom. The number of halogens is 2. The van der Waals surface area contributed by atoms with Crippen molar-refractivity contribution in [2.24, 2.45) is 5.73 Å². The fourth-order valence-electron chi connectivity index (χ4n) is 2.79. The van der Waals surface area contributed by atoms with Gasteiger partial charge in [-0.25, -0.2) is 0 Å². The van der Waals surface area contributed by atoms with E-state index in [4.69, 9.17) is 28.9 Å². The number of amides is 2. The number of fused-ring (bicyclic) bond motifs is 1. The van der Waals surface area contributed by atoms with Gasteiger partial charge in [-0.05, 0) is 36.2 Å². The van der Waals surface area contributed by atoms with Gasteiger partial charge in [0.15, 0.2) is 0 Å². The minimum absolute atomic E-state index is 0.0958. The van der Waals surface area contributed by atoms with Crippen LogP contribution in [0.25, 0.3) is 10.9 Å². The number of anilines is 1. The van der Waals surface area contributed by atoms with Crippen LogP contribution in [0.2, 0.25) is 10.0 Å². The minimum atomic E-state index is -0.438.